The number of rotatable bonds is 3. The van der Waals surface area contributed by atoms with Crippen molar-refractivity contribution < 1.29 is 14.3 Å². The van der Waals surface area contributed by atoms with E-state index in [0.29, 0.717) is 41.1 Å². The zero-order chi connectivity index (χ0) is 19.7. The number of ether oxygens (including phenoxy) is 2. The van der Waals surface area contributed by atoms with Crippen molar-refractivity contribution in [3.63, 3.8) is 0 Å². The van der Waals surface area contributed by atoms with E-state index >= 15 is 0 Å². The maximum Gasteiger partial charge on any atom is 0.255 e. The number of fused-ring (bicyclic) bond motifs is 1. The second-order valence-corrected chi connectivity index (χ2v) is 7.76. The van der Waals surface area contributed by atoms with Gasteiger partial charge < -0.3 is 14.4 Å². The third kappa shape index (κ3) is 3.82. The van der Waals surface area contributed by atoms with Crippen molar-refractivity contribution in [3.05, 3.63) is 57.8 Å². The number of piperazine rings is 1. The minimum Gasteiger partial charge on any atom is -0.495 e. The summed E-state index contributed by atoms with van der Waals surface area (Å²) in [6, 6.07) is 9.01. The zero-order valence-electron chi connectivity index (χ0n) is 15.5. The average molecular weight is 422 g/mol. The van der Waals surface area contributed by atoms with Gasteiger partial charge in [-0.15, -0.1) is 0 Å². The van der Waals surface area contributed by atoms with Gasteiger partial charge in [0.05, 0.1) is 36.0 Å². The number of carbonyl (C=O) groups excluding carboxylic acids is 1. The molecule has 2 aliphatic heterocycles. The van der Waals surface area contributed by atoms with Crippen LogP contribution in [0.3, 0.4) is 0 Å². The topological polar surface area (TPSA) is 54.9 Å². The number of methoxy groups -OCH3 is 1. The van der Waals surface area contributed by atoms with Crippen LogP contribution in [0.5, 0.6) is 5.75 Å². The van der Waals surface area contributed by atoms with Gasteiger partial charge in [-0.05, 0) is 24.3 Å². The van der Waals surface area contributed by atoms with E-state index in [9.17, 15) is 4.79 Å². The van der Waals surface area contributed by atoms with Gasteiger partial charge in [0, 0.05) is 37.4 Å². The third-order valence-corrected chi connectivity index (χ3v) is 5.89. The van der Waals surface area contributed by atoms with E-state index in [2.05, 4.69) is 9.88 Å². The highest BCUT2D eigenvalue weighted by atomic mass is 35.5. The van der Waals surface area contributed by atoms with Gasteiger partial charge in [-0.2, -0.15) is 0 Å². The number of morpholine rings is 1. The molecule has 28 heavy (non-hydrogen) atoms. The van der Waals surface area contributed by atoms with E-state index in [4.69, 9.17) is 32.7 Å². The lowest BCUT2D eigenvalue weighted by Gasteiger charge is -2.46. The number of amides is 1. The van der Waals surface area contributed by atoms with Crippen molar-refractivity contribution >= 4 is 29.1 Å². The van der Waals surface area contributed by atoms with Crippen LogP contribution in [-0.4, -0.2) is 66.6 Å². The molecule has 2 atom stereocenters. The number of hydrogen-bond donors (Lipinski definition) is 0. The lowest BCUT2D eigenvalue weighted by molar-refractivity contribution is -0.0872. The average Bonchev–Trinajstić information content (AvgIpc) is 2.72. The fourth-order valence-corrected chi connectivity index (χ4v) is 4.20. The molecule has 2 unspecified atom stereocenters. The summed E-state index contributed by atoms with van der Waals surface area (Å²) < 4.78 is 11.3. The van der Waals surface area contributed by atoms with Crippen molar-refractivity contribution in [3.8, 4) is 5.75 Å². The summed E-state index contributed by atoms with van der Waals surface area (Å²) in [5.41, 5.74) is 1.31. The lowest BCUT2D eigenvalue weighted by atomic mass is 10.1. The van der Waals surface area contributed by atoms with Crippen LogP contribution in [0.2, 0.25) is 10.0 Å². The summed E-state index contributed by atoms with van der Waals surface area (Å²) in [6.07, 6.45) is 1.59. The molecule has 0 radical (unpaired) electrons. The van der Waals surface area contributed by atoms with Gasteiger partial charge in [-0.25, -0.2) is 0 Å². The molecule has 1 aromatic carbocycles. The molecule has 0 spiro atoms. The number of carbonyl (C=O) groups is 1. The van der Waals surface area contributed by atoms with Crippen molar-refractivity contribution in [2.24, 2.45) is 0 Å². The Morgan fingerprint density at radius 3 is 2.89 bits per heavy atom. The molecule has 1 aromatic heterocycles. The van der Waals surface area contributed by atoms with Gasteiger partial charge in [0.1, 0.15) is 11.9 Å². The van der Waals surface area contributed by atoms with Gasteiger partial charge in [0.2, 0.25) is 0 Å². The van der Waals surface area contributed by atoms with E-state index in [1.165, 1.54) is 0 Å². The van der Waals surface area contributed by atoms with E-state index < -0.39 is 0 Å². The molecule has 2 saturated heterocycles. The Morgan fingerprint density at radius 1 is 1.25 bits per heavy atom. The molecule has 3 heterocycles. The smallest absolute Gasteiger partial charge is 0.255 e. The minimum absolute atomic E-state index is 0.0813. The van der Waals surface area contributed by atoms with Crippen LogP contribution in [0.15, 0.2) is 36.5 Å². The van der Waals surface area contributed by atoms with Crippen LogP contribution in [0.1, 0.15) is 22.2 Å². The molecule has 148 valence electrons. The summed E-state index contributed by atoms with van der Waals surface area (Å²) in [5, 5.41) is 1.01. The monoisotopic (exact) mass is 421 g/mol. The van der Waals surface area contributed by atoms with E-state index in [1.807, 2.05) is 11.0 Å². The first-order valence-electron chi connectivity index (χ1n) is 9.15. The van der Waals surface area contributed by atoms with Crippen molar-refractivity contribution in [2.75, 3.05) is 39.9 Å². The molecule has 4 rings (SSSR count). The number of halogens is 2. The Hall–Kier alpha value is -1.86. The molecular weight excluding hydrogens is 401 g/mol. The Kier molecular flexibility index (Phi) is 5.73. The Balaban J connectivity index is 1.43. The molecule has 2 aromatic rings. The molecule has 0 aliphatic carbocycles. The van der Waals surface area contributed by atoms with Gasteiger partial charge in [0.15, 0.2) is 0 Å². The number of nitrogens with zero attached hydrogens (tertiary/aromatic N) is 3. The van der Waals surface area contributed by atoms with Crippen LogP contribution in [0.4, 0.5) is 0 Å². The van der Waals surface area contributed by atoms with Gasteiger partial charge in [-0.1, -0.05) is 29.3 Å². The number of benzene rings is 1. The first-order valence-corrected chi connectivity index (χ1v) is 9.91. The molecule has 2 aliphatic rings. The predicted octanol–water partition coefficient (Wildman–Crippen LogP) is 3.29. The lowest BCUT2D eigenvalue weighted by Crippen LogP contribution is -2.59. The van der Waals surface area contributed by atoms with Crippen molar-refractivity contribution in [1.82, 2.24) is 14.8 Å². The number of hydrogen-bond acceptors (Lipinski definition) is 5. The van der Waals surface area contributed by atoms with Crippen molar-refractivity contribution in [1.29, 1.82) is 0 Å². The molecule has 6 nitrogen and oxygen atoms in total. The summed E-state index contributed by atoms with van der Waals surface area (Å²) in [6.45, 7) is 3.29. The summed E-state index contributed by atoms with van der Waals surface area (Å²) >= 11 is 12.4. The van der Waals surface area contributed by atoms with E-state index in [0.717, 1.165) is 18.8 Å². The Morgan fingerprint density at radius 2 is 2.11 bits per heavy atom. The molecule has 0 bridgehead atoms. The highest BCUT2D eigenvalue weighted by molar-refractivity contribution is 6.35. The van der Waals surface area contributed by atoms with Crippen LogP contribution < -0.4 is 4.74 Å². The fourth-order valence-electron chi connectivity index (χ4n) is 3.75. The first kappa shape index (κ1) is 19.5. The van der Waals surface area contributed by atoms with Gasteiger partial charge in [-0.3, -0.25) is 14.7 Å². The van der Waals surface area contributed by atoms with E-state index in [-0.39, 0.29) is 18.1 Å². The van der Waals surface area contributed by atoms with Gasteiger partial charge >= 0.3 is 0 Å². The summed E-state index contributed by atoms with van der Waals surface area (Å²) in [5.74, 6) is 0.422. The van der Waals surface area contributed by atoms with Crippen LogP contribution >= 0.6 is 23.2 Å². The highest BCUT2D eigenvalue weighted by Gasteiger charge is 2.36. The maximum atomic E-state index is 13.0. The molecule has 0 N–H and O–H groups in total. The zero-order valence-corrected chi connectivity index (χ0v) is 17.0. The van der Waals surface area contributed by atoms with Crippen LogP contribution in [0.25, 0.3) is 0 Å². The standard InChI is InChI=1S/C20H21Cl2N3O3/c1-27-17-4-2-3-15(19(17)22)20(26)25-8-7-24-11-18(28-12-14(24)10-25)16-9-13(21)5-6-23-16/h2-6,9,14,18H,7-8,10-12H2,1H3. The SMILES string of the molecule is COc1cccc(C(=O)N2CCN3CC(c4cc(Cl)ccn4)OCC3C2)c1Cl. The normalized spacial score (nSPS) is 22.6. The largest absolute Gasteiger partial charge is 0.495 e. The quantitative estimate of drug-likeness (QED) is 0.760. The second-order valence-electron chi connectivity index (χ2n) is 6.94. The minimum atomic E-state index is -0.106. The molecule has 1 amide bonds. The molecule has 8 heteroatoms. The fraction of sp³-hybridized carbons (Fsp3) is 0.400. The third-order valence-electron chi connectivity index (χ3n) is 5.27. The van der Waals surface area contributed by atoms with E-state index in [1.54, 1.807) is 37.6 Å². The number of pyridine rings is 1. The molecule has 2 fully saturated rings. The summed E-state index contributed by atoms with van der Waals surface area (Å²) in [7, 11) is 1.54. The van der Waals surface area contributed by atoms with Crippen LogP contribution in [0, 0.1) is 0 Å². The number of aromatic nitrogens is 1. The first-order chi connectivity index (χ1) is 13.6. The summed E-state index contributed by atoms with van der Waals surface area (Å²) in [4.78, 5) is 21.6. The predicted molar refractivity (Wildman–Crippen MR) is 107 cm³/mol. The van der Waals surface area contributed by atoms with Crippen LogP contribution in [-0.2, 0) is 4.74 Å². The Bertz CT molecular complexity index is 880. The van der Waals surface area contributed by atoms with Crippen molar-refractivity contribution in [2.45, 2.75) is 12.1 Å². The molecular formula is C20H21Cl2N3O3. The second kappa shape index (κ2) is 8.25. The maximum absolute atomic E-state index is 13.0. The Labute approximate surface area is 173 Å². The highest BCUT2D eigenvalue weighted by Crippen LogP contribution is 2.31. The van der Waals surface area contributed by atoms with Gasteiger partial charge in [0.25, 0.3) is 5.91 Å². The molecule has 0 saturated carbocycles.